The van der Waals surface area contributed by atoms with E-state index in [-0.39, 0.29) is 11.9 Å². The summed E-state index contributed by atoms with van der Waals surface area (Å²) in [6.07, 6.45) is 5.47. The molecule has 0 atom stereocenters. The standard InChI is InChI=1S/C26H33NO5/c1-18(2)17-32-24-11-6-19(14-25(24)31-5)7-13-26(28)27(21-8-9-21)16-20-15-22(29-3)10-12-23(20)30-4/h6-7,10-15,18,21H,8-9,16-17H2,1-5H3/b13-7+. The Bertz CT molecular complexity index is 949. The number of nitrogens with zero attached hydrogens (tertiary/aromatic N) is 1. The van der Waals surface area contributed by atoms with E-state index in [1.54, 1.807) is 27.4 Å². The van der Waals surface area contributed by atoms with Crippen molar-refractivity contribution in [2.75, 3.05) is 27.9 Å². The Labute approximate surface area is 190 Å². The number of benzene rings is 2. The Morgan fingerprint density at radius 1 is 1.00 bits per heavy atom. The summed E-state index contributed by atoms with van der Waals surface area (Å²) in [6.45, 7) is 5.29. The highest BCUT2D eigenvalue weighted by molar-refractivity contribution is 5.92. The molecule has 0 heterocycles. The molecule has 6 nitrogen and oxygen atoms in total. The average molecular weight is 440 g/mol. The first-order chi connectivity index (χ1) is 15.4. The lowest BCUT2D eigenvalue weighted by molar-refractivity contribution is -0.127. The van der Waals surface area contributed by atoms with Crippen LogP contribution in [0, 0.1) is 5.92 Å². The quantitative estimate of drug-likeness (QED) is 0.464. The third kappa shape index (κ3) is 6.19. The van der Waals surface area contributed by atoms with Gasteiger partial charge in [0.1, 0.15) is 11.5 Å². The van der Waals surface area contributed by atoms with Gasteiger partial charge in [-0.1, -0.05) is 19.9 Å². The molecule has 2 aromatic rings. The van der Waals surface area contributed by atoms with Crippen molar-refractivity contribution in [3.05, 3.63) is 53.6 Å². The molecule has 2 aromatic carbocycles. The highest BCUT2D eigenvalue weighted by atomic mass is 16.5. The van der Waals surface area contributed by atoms with Gasteiger partial charge < -0.3 is 23.8 Å². The number of ether oxygens (including phenoxy) is 4. The van der Waals surface area contributed by atoms with Gasteiger partial charge in [0.05, 0.1) is 34.5 Å². The molecule has 0 spiro atoms. The van der Waals surface area contributed by atoms with E-state index in [9.17, 15) is 4.79 Å². The van der Waals surface area contributed by atoms with Crippen molar-refractivity contribution >= 4 is 12.0 Å². The predicted octanol–water partition coefficient (Wildman–Crippen LogP) is 4.95. The van der Waals surface area contributed by atoms with Crippen LogP contribution in [0.15, 0.2) is 42.5 Å². The Balaban J connectivity index is 1.74. The van der Waals surface area contributed by atoms with Gasteiger partial charge in [0.25, 0.3) is 0 Å². The average Bonchev–Trinajstić information content (AvgIpc) is 3.64. The van der Waals surface area contributed by atoms with Gasteiger partial charge in [0.2, 0.25) is 5.91 Å². The second kappa shape index (κ2) is 10.9. The van der Waals surface area contributed by atoms with Crippen LogP contribution in [0.5, 0.6) is 23.0 Å². The zero-order valence-electron chi connectivity index (χ0n) is 19.6. The van der Waals surface area contributed by atoms with Crippen molar-refractivity contribution < 1.29 is 23.7 Å². The van der Waals surface area contributed by atoms with Crippen molar-refractivity contribution in [2.24, 2.45) is 5.92 Å². The van der Waals surface area contributed by atoms with Crippen LogP contribution in [0.1, 0.15) is 37.8 Å². The topological polar surface area (TPSA) is 57.2 Å². The summed E-state index contributed by atoms with van der Waals surface area (Å²) >= 11 is 0. The second-order valence-corrected chi connectivity index (χ2v) is 8.32. The first-order valence-corrected chi connectivity index (χ1v) is 11.0. The van der Waals surface area contributed by atoms with E-state index < -0.39 is 0 Å². The highest BCUT2D eigenvalue weighted by Crippen LogP contribution is 2.33. The summed E-state index contributed by atoms with van der Waals surface area (Å²) in [5.41, 5.74) is 1.80. The van der Waals surface area contributed by atoms with E-state index >= 15 is 0 Å². The molecule has 1 aliphatic rings. The van der Waals surface area contributed by atoms with Gasteiger partial charge in [0, 0.05) is 17.7 Å². The minimum Gasteiger partial charge on any atom is -0.497 e. The number of hydrogen-bond acceptors (Lipinski definition) is 5. The minimum absolute atomic E-state index is 0.0310. The van der Waals surface area contributed by atoms with Crippen LogP contribution in [-0.4, -0.2) is 44.8 Å². The van der Waals surface area contributed by atoms with Crippen LogP contribution in [0.3, 0.4) is 0 Å². The van der Waals surface area contributed by atoms with Crippen molar-refractivity contribution in [3.63, 3.8) is 0 Å². The van der Waals surface area contributed by atoms with E-state index in [2.05, 4.69) is 13.8 Å². The van der Waals surface area contributed by atoms with Gasteiger partial charge in [-0.3, -0.25) is 4.79 Å². The van der Waals surface area contributed by atoms with E-state index in [1.165, 1.54) is 0 Å². The number of rotatable bonds is 11. The second-order valence-electron chi connectivity index (χ2n) is 8.32. The third-order valence-electron chi connectivity index (χ3n) is 5.28. The monoisotopic (exact) mass is 439 g/mol. The normalized spacial score (nSPS) is 13.3. The Morgan fingerprint density at radius 2 is 1.72 bits per heavy atom. The Hall–Kier alpha value is -3.15. The smallest absolute Gasteiger partial charge is 0.247 e. The molecule has 172 valence electrons. The van der Waals surface area contributed by atoms with Gasteiger partial charge in [-0.2, -0.15) is 0 Å². The number of carbonyl (C=O) groups is 1. The molecular weight excluding hydrogens is 406 g/mol. The van der Waals surface area contributed by atoms with E-state index in [0.29, 0.717) is 30.6 Å². The van der Waals surface area contributed by atoms with Crippen LogP contribution in [0.4, 0.5) is 0 Å². The molecule has 1 amide bonds. The zero-order valence-corrected chi connectivity index (χ0v) is 19.6. The number of amides is 1. The number of carbonyl (C=O) groups excluding carboxylic acids is 1. The molecule has 1 aliphatic carbocycles. The first-order valence-electron chi connectivity index (χ1n) is 11.0. The fraction of sp³-hybridized carbons (Fsp3) is 0.423. The Kier molecular flexibility index (Phi) is 8.03. The SMILES string of the molecule is COc1ccc(OC)c(CN(C(=O)/C=C/c2ccc(OCC(C)C)c(OC)c2)C2CC2)c1. The van der Waals surface area contributed by atoms with Crippen molar-refractivity contribution in [1.82, 2.24) is 4.90 Å². The van der Waals surface area contributed by atoms with E-state index in [0.717, 1.165) is 35.5 Å². The van der Waals surface area contributed by atoms with Crippen molar-refractivity contribution in [3.8, 4) is 23.0 Å². The van der Waals surface area contributed by atoms with Gasteiger partial charge in [-0.25, -0.2) is 0 Å². The number of hydrogen-bond donors (Lipinski definition) is 0. The molecule has 32 heavy (non-hydrogen) atoms. The summed E-state index contributed by atoms with van der Waals surface area (Å²) in [5, 5.41) is 0. The summed E-state index contributed by atoms with van der Waals surface area (Å²) in [5.74, 6) is 3.24. The fourth-order valence-electron chi connectivity index (χ4n) is 3.39. The Morgan fingerprint density at radius 3 is 2.34 bits per heavy atom. The third-order valence-corrected chi connectivity index (χ3v) is 5.28. The fourth-order valence-corrected chi connectivity index (χ4v) is 3.39. The molecule has 0 aliphatic heterocycles. The van der Waals surface area contributed by atoms with Crippen molar-refractivity contribution in [2.45, 2.75) is 39.3 Å². The molecule has 0 aromatic heterocycles. The van der Waals surface area contributed by atoms with Gasteiger partial charge in [-0.15, -0.1) is 0 Å². The lowest BCUT2D eigenvalue weighted by Crippen LogP contribution is -2.31. The van der Waals surface area contributed by atoms with Crippen LogP contribution in [0.2, 0.25) is 0 Å². The largest absolute Gasteiger partial charge is 0.497 e. The van der Waals surface area contributed by atoms with E-state index in [4.69, 9.17) is 18.9 Å². The van der Waals surface area contributed by atoms with Gasteiger partial charge >= 0.3 is 0 Å². The van der Waals surface area contributed by atoms with Gasteiger partial charge in [0.15, 0.2) is 11.5 Å². The molecule has 0 unspecified atom stereocenters. The number of methoxy groups -OCH3 is 3. The molecule has 0 radical (unpaired) electrons. The lowest BCUT2D eigenvalue weighted by Gasteiger charge is -2.22. The summed E-state index contributed by atoms with van der Waals surface area (Å²) in [6, 6.07) is 11.6. The zero-order chi connectivity index (χ0) is 23.1. The lowest BCUT2D eigenvalue weighted by atomic mass is 10.1. The summed E-state index contributed by atoms with van der Waals surface area (Å²) in [4.78, 5) is 15.0. The predicted molar refractivity (Wildman–Crippen MR) is 125 cm³/mol. The minimum atomic E-state index is -0.0310. The van der Waals surface area contributed by atoms with Crippen LogP contribution in [-0.2, 0) is 11.3 Å². The molecule has 6 heteroatoms. The molecule has 3 rings (SSSR count). The molecule has 1 saturated carbocycles. The maximum atomic E-state index is 13.1. The maximum absolute atomic E-state index is 13.1. The van der Waals surface area contributed by atoms with Crippen LogP contribution in [0.25, 0.3) is 6.08 Å². The highest BCUT2D eigenvalue weighted by Gasteiger charge is 2.32. The maximum Gasteiger partial charge on any atom is 0.247 e. The molecule has 0 bridgehead atoms. The van der Waals surface area contributed by atoms with Crippen LogP contribution < -0.4 is 18.9 Å². The molecular formula is C26H33NO5. The van der Waals surface area contributed by atoms with Crippen molar-refractivity contribution in [1.29, 1.82) is 0 Å². The molecule has 0 saturated heterocycles. The van der Waals surface area contributed by atoms with Crippen LogP contribution >= 0.6 is 0 Å². The van der Waals surface area contributed by atoms with Gasteiger partial charge in [-0.05, 0) is 60.7 Å². The summed E-state index contributed by atoms with van der Waals surface area (Å²) < 4.78 is 22.1. The molecule has 1 fully saturated rings. The van der Waals surface area contributed by atoms with E-state index in [1.807, 2.05) is 47.4 Å². The summed E-state index contributed by atoms with van der Waals surface area (Å²) in [7, 11) is 4.88. The molecule has 0 N–H and O–H groups in total. The first kappa shape index (κ1) is 23.5.